The van der Waals surface area contributed by atoms with Crippen molar-refractivity contribution in [3.8, 4) is 11.5 Å². The normalized spacial score (nSPS) is 23.1. The number of hydrogen-bond donors (Lipinski definition) is 1. The van der Waals surface area contributed by atoms with Gasteiger partial charge in [-0.2, -0.15) is 0 Å². The van der Waals surface area contributed by atoms with Gasteiger partial charge in [-0.05, 0) is 18.7 Å². The van der Waals surface area contributed by atoms with Gasteiger partial charge in [0.1, 0.15) is 17.6 Å². The van der Waals surface area contributed by atoms with E-state index < -0.39 is 0 Å². The molecule has 0 radical (unpaired) electrons. The van der Waals surface area contributed by atoms with Crippen LogP contribution in [0.4, 0.5) is 0 Å². The summed E-state index contributed by atoms with van der Waals surface area (Å²) in [5.41, 5.74) is 6.46. The van der Waals surface area contributed by atoms with E-state index in [1.54, 1.807) is 14.2 Å². The third-order valence-corrected chi connectivity index (χ3v) is 2.94. The Balaban J connectivity index is 2.13. The molecule has 2 atom stereocenters. The first kappa shape index (κ1) is 13.1. The quantitative estimate of drug-likeness (QED) is 0.861. The number of benzene rings is 1. The van der Waals surface area contributed by atoms with Crippen LogP contribution in [0.5, 0.6) is 11.5 Å². The van der Waals surface area contributed by atoms with Crippen molar-refractivity contribution in [1.29, 1.82) is 0 Å². The van der Waals surface area contributed by atoms with Crippen molar-refractivity contribution >= 4 is 0 Å². The highest BCUT2D eigenvalue weighted by Crippen LogP contribution is 2.35. The zero-order valence-electron chi connectivity index (χ0n) is 10.7. The summed E-state index contributed by atoms with van der Waals surface area (Å²) in [6.45, 7) is 1.07. The van der Waals surface area contributed by atoms with Crippen LogP contribution < -0.4 is 15.2 Å². The summed E-state index contributed by atoms with van der Waals surface area (Å²) in [5.74, 6) is 1.50. The average Bonchev–Trinajstić information content (AvgIpc) is 2.87. The van der Waals surface area contributed by atoms with Crippen LogP contribution in [0.3, 0.4) is 0 Å². The van der Waals surface area contributed by atoms with Crippen molar-refractivity contribution in [2.24, 2.45) is 5.73 Å². The maximum Gasteiger partial charge on any atom is 0.159 e. The molecule has 5 heteroatoms. The fourth-order valence-corrected chi connectivity index (χ4v) is 1.99. The van der Waals surface area contributed by atoms with E-state index in [2.05, 4.69) is 0 Å². The molecule has 1 saturated heterocycles. The van der Waals surface area contributed by atoms with Crippen LogP contribution in [0, 0.1) is 0 Å². The van der Waals surface area contributed by atoms with Crippen LogP contribution >= 0.6 is 0 Å². The van der Waals surface area contributed by atoms with Crippen molar-refractivity contribution in [2.75, 3.05) is 27.4 Å². The van der Waals surface area contributed by atoms with E-state index in [0.29, 0.717) is 19.6 Å². The SMILES string of the molecule is COc1ccc(C2COC(CCN)O2)c(OC)c1. The summed E-state index contributed by atoms with van der Waals surface area (Å²) >= 11 is 0. The minimum atomic E-state index is -0.216. The molecule has 100 valence electrons. The van der Waals surface area contributed by atoms with Gasteiger partial charge in [-0.15, -0.1) is 0 Å². The minimum Gasteiger partial charge on any atom is -0.497 e. The molecule has 1 aliphatic heterocycles. The van der Waals surface area contributed by atoms with Gasteiger partial charge in [-0.1, -0.05) is 0 Å². The Labute approximate surface area is 107 Å². The van der Waals surface area contributed by atoms with Crippen molar-refractivity contribution in [3.63, 3.8) is 0 Å². The molecule has 0 aliphatic carbocycles. The Bertz CT molecular complexity index is 397. The summed E-state index contributed by atoms with van der Waals surface area (Å²) in [4.78, 5) is 0. The number of hydrogen-bond acceptors (Lipinski definition) is 5. The van der Waals surface area contributed by atoms with Gasteiger partial charge in [0.05, 0.1) is 20.8 Å². The molecule has 0 spiro atoms. The molecule has 1 aromatic carbocycles. The summed E-state index contributed by atoms with van der Waals surface area (Å²) < 4.78 is 21.8. The summed E-state index contributed by atoms with van der Waals surface area (Å²) in [7, 11) is 3.26. The van der Waals surface area contributed by atoms with Crippen LogP contribution in [0.1, 0.15) is 18.1 Å². The van der Waals surface area contributed by atoms with Gasteiger partial charge in [-0.3, -0.25) is 0 Å². The van der Waals surface area contributed by atoms with Gasteiger partial charge in [0.2, 0.25) is 0 Å². The third-order valence-electron chi connectivity index (χ3n) is 2.94. The average molecular weight is 253 g/mol. The zero-order chi connectivity index (χ0) is 13.0. The predicted molar refractivity (Wildman–Crippen MR) is 66.8 cm³/mol. The molecule has 2 rings (SSSR count). The van der Waals surface area contributed by atoms with E-state index in [1.165, 1.54) is 0 Å². The fourth-order valence-electron chi connectivity index (χ4n) is 1.99. The van der Waals surface area contributed by atoms with Gasteiger partial charge >= 0.3 is 0 Å². The van der Waals surface area contributed by atoms with E-state index in [1.807, 2.05) is 18.2 Å². The Morgan fingerprint density at radius 2 is 2.17 bits per heavy atom. The first-order valence-electron chi connectivity index (χ1n) is 5.97. The van der Waals surface area contributed by atoms with Crippen molar-refractivity contribution in [2.45, 2.75) is 18.8 Å². The lowest BCUT2D eigenvalue weighted by molar-refractivity contribution is -0.0608. The Morgan fingerprint density at radius 1 is 1.33 bits per heavy atom. The smallest absolute Gasteiger partial charge is 0.159 e. The first-order valence-corrected chi connectivity index (χ1v) is 5.97. The van der Waals surface area contributed by atoms with Gasteiger partial charge in [0.15, 0.2) is 6.29 Å². The van der Waals surface area contributed by atoms with E-state index in [0.717, 1.165) is 17.1 Å². The maximum absolute atomic E-state index is 5.78. The molecule has 0 bridgehead atoms. The number of ether oxygens (including phenoxy) is 4. The minimum absolute atomic E-state index is 0.109. The molecule has 1 aliphatic rings. The van der Waals surface area contributed by atoms with Crippen LogP contribution in [0.25, 0.3) is 0 Å². The molecule has 2 unspecified atom stereocenters. The molecular weight excluding hydrogens is 234 g/mol. The third kappa shape index (κ3) is 2.75. The number of nitrogens with two attached hydrogens (primary N) is 1. The maximum atomic E-state index is 5.78. The van der Waals surface area contributed by atoms with E-state index in [9.17, 15) is 0 Å². The van der Waals surface area contributed by atoms with Crippen molar-refractivity contribution in [1.82, 2.24) is 0 Å². The molecular formula is C13H19NO4. The summed E-state index contributed by atoms with van der Waals surface area (Å²) in [6.07, 6.45) is 0.379. The molecule has 1 heterocycles. The monoisotopic (exact) mass is 253 g/mol. The molecule has 1 aromatic rings. The molecule has 1 fully saturated rings. The number of methoxy groups -OCH3 is 2. The Morgan fingerprint density at radius 3 is 2.83 bits per heavy atom. The molecule has 0 saturated carbocycles. The van der Waals surface area contributed by atoms with Crippen LogP contribution in [0.2, 0.25) is 0 Å². The molecule has 2 N–H and O–H groups in total. The van der Waals surface area contributed by atoms with E-state index in [4.69, 9.17) is 24.7 Å². The highest BCUT2D eigenvalue weighted by atomic mass is 16.7. The summed E-state index contributed by atoms with van der Waals surface area (Å²) in [6, 6.07) is 5.67. The van der Waals surface area contributed by atoms with Crippen molar-refractivity contribution in [3.05, 3.63) is 23.8 Å². The largest absolute Gasteiger partial charge is 0.497 e. The van der Waals surface area contributed by atoms with Crippen LogP contribution in [-0.4, -0.2) is 33.7 Å². The van der Waals surface area contributed by atoms with E-state index >= 15 is 0 Å². The molecule has 0 amide bonds. The molecule has 5 nitrogen and oxygen atoms in total. The van der Waals surface area contributed by atoms with Gasteiger partial charge in [0, 0.05) is 18.1 Å². The van der Waals surface area contributed by atoms with Crippen LogP contribution in [0.15, 0.2) is 18.2 Å². The van der Waals surface area contributed by atoms with Crippen molar-refractivity contribution < 1.29 is 18.9 Å². The number of rotatable bonds is 5. The van der Waals surface area contributed by atoms with Gasteiger partial charge in [-0.25, -0.2) is 0 Å². The predicted octanol–water partition coefficient (Wildman–Crippen LogP) is 1.47. The molecule has 18 heavy (non-hydrogen) atoms. The lowest BCUT2D eigenvalue weighted by Gasteiger charge is -2.15. The lowest BCUT2D eigenvalue weighted by Crippen LogP contribution is -2.14. The topological polar surface area (TPSA) is 62.9 Å². The van der Waals surface area contributed by atoms with Gasteiger partial charge in [0.25, 0.3) is 0 Å². The second-order valence-corrected chi connectivity index (χ2v) is 4.07. The zero-order valence-corrected chi connectivity index (χ0v) is 10.7. The lowest BCUT2D eigenvalue weighted by atomic mass is 10.1. The standard InChI is InChI=1S/C13H19NO4/c1-15-9-3-4-10(11(7-9)16-2)12-8-17-13(18-12)5-6-14/h3-4,7,12-13H,5-6,8,14H2,1-2H3. The summed E-state index contributed by atoms with van der Waals surface area (Å²) in [5, 5.41) is 0. The fraction of sp³-hybridized carbons (Fsp3) is 0.538. The second kappa shape index (κ2) is 6.04. The van der Waals surface area contributed by atoms with Gasteiger partial charge < -0.3 is 24.7 Å². The van der Waals surface area contributed by atoms with Crippen LogP contribution in [-0.2, 0) is 9.47 Å². The second-order valence-electron chi connectivity index (χ2n) is 4.07. The first-order chi connectivity index (χ1) is 8.78. The Hall–Kier alpha value is -1.30. The van der Waals surface area contributed by atoms with E-state index in [-0.39, 0.29) is 12.4 Å². The molecule has 0 aromatic heterocycles. The highest BCUT2D eigenvalue weighted by molar-refractivity contribution is 5.42. The Kier molecular flexibility index (Phi) is 4.41. The highest BCUT2D eigenvalue weighted by Gasteiger charge is 2.28.